The van der Waals surface area contributed by atoms with Crippen LogP contribution in [-0.4, -0.2) is 22.5 Å². The molecule has 1 aliphatic rings. The Bertz CT molecular complexity index is 674. The Morgan fingerprint density at radius 2 is 2.19 bits per heavy atom. The number of aromatic nitrogens is 1. The summed E-state index contributed by atoms with van der Waals surface area (Å²) >= 11 is 0. The highest BCUT2D eigenvalue weighted by atomic mass is 16.6. The molecular weight excluding hydrogens is 268 g/mol. The molecule has 6 heteroatoms. The van der Waals surface area contributed by atoms with Gasteiger partial charge in [-0.1, -0.05) is 6.42 Å². The van der Waals surface area contributed by atoms with Gasteiger partial charge in [0.15, 0.2) is 0 Å². The molecule has 110 valence electrons. The summed E-state index contributed by atoms with van der Waals surface area (Å²) in [6, 6.07) is 8.83. The normalized spacial score (nSPS) is 21.6. The molecule has 0 radical (unpaired) electrons. The van der Waals surface area contributed by atoms with Gasteiger partial charge in [0.05, 0.1) is 10.4 Å². The lowest BCUT2D eigenvalue weighted by molar-refractivity contribution is -0.384. The van der Waals surface area contributed by atoms with Crippen molar-refractivity contribution in [3.63, 3.8) is 0 Å². The van der Waals surface area contributed by atoms with Crippen molar-refractivity contribution in [2.24, 2.45) is 11.7 Å². The lowest BCUT2D eigenvalue weighted by atomic mass is 10.0. The van der Waals surface area contributed by atoms with E-state index in [4.69, 9.17) is 5.73 Å². The molecule has 0 bridgehead atoms. The standard InChI is InChI=1S/C15H18N4O2/c16-9-11-2-1-3-13(11)17-15-7-4-10-8-12(19(20)21)5-6-14(10)18-15/h4-8,11,13H,1-3,9,16H2,(H,17,18). The van der Waals surface area contributed by atoms with Crippen molar-refractivity contribution in [2.45, 2.75) is 25.3 Å². The van der Waals surface area contributed by atoms with E-state index in [1.807, 2.05) is 12.1 Å². The molecule has 0 amide bonds. The van der Waals surface area contributed by atoms with Gasteiger partial charge in [-0.05, 0) is 43.5 Å². The maximum atomic E-state index is 10.8. The monoisotopic (exact) mass is 286 g/mol. The molecule has 1 aliphatic carbocycles. The van der Waals surface area contributed by atoms with Gasteiger partial charge in [0, 0.05) is 23.6 Å². The average molecular weight is 286 g/mol. The molecule has 3 rings (SSSR count). The lowest BCUT2D eigenvalue weighted by Gasteiger charge is -2.20. The Hall–Kier alpha value is -2.21. The molecule has 0 aliphatic heterocycles. The van der Waals surface area contributed by atoms with E-state index in [2.05, 4.69) is 10.3 Å². The van der Waals surface area contributed by atoms with Gasteiger partial charge in [0.2, 0.25) is 0 Å². The molecule has 1 heterocycles. The number of non-ortho nitro benzene ring substituents is 1. The fourth-order valence-corrected chi connectivity index (χ4v) is 3.01. The highest BCUT2D eigenvalue weighted by Crippen LogP contribution is 2.28. The number of nitrogens with one attached hydrogen (secondary N) is 1. The van der Waals surface area contributed by atoms with E-state index < -0.39 is 4.92 Å². The third-order valence-corrected chi connectivity index (χ3v) is 4.18. The summed E-state index contributed by atoms with van der Waals surface area (Å²) in [6.45, 7) is 0.692. The first-order valence-electron chi connectivity index (χ1n) is 7.19. The zero-order chi connectivity index (χ0) is 14.8. The van der Waals surface area contributed by atoms with Crippen LogP contribution in [0.1, 0.15) is 19.3 Å². The number of nitrogens with two attached hydrogens (primary N) is 1. The van der Waals surface area contributed by atoms with Gasteiger partial charge >= 0.3 is 0 Å². The Balaban J connectivity index is 1.84. The maximum absolute atomic E-state index is 10.8. The Labute approximate surface area is 122 Å². The highest BCUT2D eigenvalue weighted by Gasteiger charge is 2.26. The van der Waals surface area contributed by atoms with Crippen LogP contribution in [0.15, 0.2) is 30.3 Å². The molecule has 0 spiro atoms. The van der Waals surface area contributed by atoms with E-state index in [-0.39, 0.29) is 5.69 Å². The van der Waals surface area contributed by atoms with Crippen LogP contribution >= 0.6 is 0 Å². The summed E-state index contributed by atoms with van der Waals surface area (Å²) in [5.74, 6) is 1.31. The van der Waals surface area contributed by atoms with Crippen molar-refractivity contribution >= 4 is 22.4 Å². The number of nitro groups is 1. The SMILES string of the molecule is NCC1CCCC1Nc1ccc2cc([N+](=O)[O-])ccc2n1. The second-order valence-electron chi connectivity index (χ2n) is 5.51. The van der Waals surface area contributed by atoms with Gasteiger partial charge in [0.25, 0.3) is 5.69 Å². The van der Waals surface area contributed by atoms with Crippen LogP contribution in [0.3, 0.4) is 0 Å². The summed E-state index contributed by atoms with van der Waals surface area (Å²) in [5.41, 5.74) is 6.63. The van der Waals surface area contributed by atoms with E-state index in [1.54, 1.807) is 12.1 Å². The molecule has 1 fully saturated rings. The van der Waals surface area contributed by atoms with E-state index in [0.29, 0.717) is 18.5 Å². The number of nitro benzene ring substituents is 1. The van der Waals surface area contributed by atoms with Crippen LogP contribution in [0.4, 0.5) is 11.5 Å². The molecule has 0 saturated heterocycles. The number of hydrogen-bond acceptors (Lipinski definition) is 5. The largest absolute Gasteiger partial charge is 0.367 e. The third kappa shape index (κ3) is 2.80. The zero-order valence-corrected chi connectivity index (χ0v) is 11.7. The van der Waals surface area contributed by atoms with Crippen LogP contribution in [0, 0.1) is 16.0 Å². The van der Waals surface area contributed by atoms with Crippen LogP contribution in [0.5, 0.6) is 0 Å². The van der Waals surface area contributed by atoms with Gasteiger partial charge in [-0.25, -0.2) is 4.98 Å². The van der Waals surface area contributed by atoms with Crippen LogP contribution < -0.4 is 11.1 Å². The first kappa shape index (κ1) is 13.8. The van der Waals surface area contributed by atoms with Crippen molar-refractivity contribution < 1.29 is 4.92 Å². The molecule has 2 atom stereocenters. The quantitative estimate of drug-likeness (QED) is 0.665. The molecule has 1 saturated carbocycles. The fourth-order valence-electron chi connectivity index (χ4n) is 3.01. The van der Waals surface area contributed by atoms with Crippen molar-refractivity contribution in [3.05, 3.63) is 40.4 Å². The van der Waals surface area contributed by atoms with Gasteiger partial charge in [0.1, 0.15) is 5.82 Å². The Morgan fingerprint density at radius 3 is 2.95 bits per heavy atom. The zero-order valence-electron chi connectivity index (χ0n) is 11.7. The Morgan fingerprint density at radius 1 is 1.33 bits per heavy atom. The smallest absolute Gasteiger partial charge is 0.270 e. The number of anilines is 1. The summed E-state index contributed by atoms with van der Waals surface area (Å²) < 4.78 is 0. The van der Waals surface area contributed by atoms with Crippen molar-refractivity contribution in [2.75, 3.05) is 11.9 Å². The van der Waals surface area contributed by atoms with E-state index in [9.17, 15) is 10.1 Å². The molecule has 21 heavy (non-hydrogen) atoms. The highest BCUT2D eigenvalue weighted by molar-refractivity contribution is 5.82. The van der Waals surface area contributed by atoms with Crippen molar-refractivity contribution in [1.82, 2.24) is 4.98 Å². The van der Waals surface area contributed by atoms with Gasteiger partial charge in [-0.2, -0.15) is 0 Å². The topological polar surface area (TPSA) is 94.1 Å². The van der Waals surface area contributed by atoms with Gasteiger partial charge in [-0.15, -0.1) is 0 Å². The lowest BCUT2D eigenvalue weighted by Crippen LogP contribution is -2.29. The minimum Gasteiger partial charge on any atom is -0.367 e. The first-order valence-corrected chi connectivity index (χ1v) is 7.19. The summed E-state index contributed by atoms with van der Waals surface area (Å²) in [5, 5.41) is 15.0. The van der Waals surface area contributed by atoms with Crippen molar-refractivity contribution in [3.8, 4) is 0 Å². The van der Waals surface area contributed by atoms with E-state index in [0.717, 1.165) is 29.6 Å². The number of benzene rings is 1. The number of nitrogens with zero attached hydrogens (tertiary/aromatic N) is 2. The third-order valence-electron chi connectivity index (χ3n) is 4.18. The van der Waals surface area contributed by atoms with Crippen molar-refractivity contribution in [1.29, 1.82) is 0 Å². The number of hydrogen-bond donors (Lipinski definition) is 2. The molecular formula is C15H18N4O2. The Kier molecular flexibility index (Phi) is 3.70. The molecule has 1 aromatic heterocycles. The van der Waals surface area contributed by atoms with Crippen LogP contribution in [0.2, 0.25) is 0 Å². The predicted molar refractivity (Wildman–Crippen MR) is 82.2 cm³/mol. The van der Waals surface area contributed by atoms with Gasteiger partial charge < -0.3 is 11.1 Å². The maximum Gasteiger partial charge on any atom is 0.270 e. The number of rotatable bonds is 4. The minimum atomic E-state index is -0.393. The fraction of sp³-hybridized carbons (Fsp3) is 0.400. The number of pyridine rings is 1. The molecule has 1 aromatic carbocycles. The average Bonchev–Trinajstić information content (AvgIpc) is 2.93. The second kappa shape index (κ2) is 5.65. The number of fused-ring (bicyclic) bond motifs is 1. The predicted octanol–water partition coefficient (Wildman–Crippen LogP) is 2.68. The molecule has 2 aromatic rings. The van der Waals surface area contributed by atoms with E-state index >= 15 is 0 Å². The summed E-state index contributed by atoms with van der Waals surface area (Å²) in [4.78, 5) is 14.9. The summed E-state index contributed by atoms with van der Waals surface area (Å²) in [6.07, 6.45) is 3.47. The molecule has 6 nitrogen and oxygen atoms in total. The molecule has 2 unspecified atom stereocenters. The minimum absolute atomic E-state index is 0.0870. The second-order valence-corrected chi connectivity index (χ2v) is 5.51. The summed E-state index contributed by atoms with van der Waals surface area (Å²) in [7, 11) is 0. The van der Waals surface area contributed by atoms with Crippen LogP contribution in [0.25, 0.3) is 10.9 Å². The van der Waals surface area contributed by atoms with Gasteiger partial charge in [-0.3, -0.25) is 10.1 Å². The van der Waals surface area contributed by atoms with E-state index in [1.165, 1.54) is 12.5 Å². The van der Waals surface area contributed by atoms with Crippen LogP contribution in [-0.2, 0) is 0 Å². The first-order chi connectivity index (χ1) is 10.2. The molecule has 3 N–H and O–H groups in total.